The number of hydrogen-bond donors (Lipinski definition) is 1. The van der Waals surface area contributed by atoms with Crippen LogP contribution in [0.25, 0.3) is 0 Å². The third-order valence-corrected chi connectivity index (χ3v) is 2.07. The number of benzene rings is 1. The molecule has 2 aromatic rings. The van der Waals surface area contributed by atoms with Crippen LogP contribution in [0.15, 0.2) is 36.7 Å². The maximum atomic E-state index is 10.4. The number of carbonyl (C=O) groups is 1. The van der Waals surface area contributed by atoms with E-state index in [-0.39, 0.29) is 12.6 Å². The van der Waals surface area contributed by atoms with Gasteiger partial charge in [-0.05, 0) is 17.7 Å². The highest BCUT2D eigenvalue weighted by Gasteiger charge is 2.01. The zero-order valence-corrected chi connectivity index (χ0v) is 8.91. The van der Waals surface area contributed by atoms with E-state index < -0.39 is 0 Å². The third-order valence-electron chi connectivity index (χ3n) is 2.07. The fraction of sp³-hybridized carbons (Fsp3) is 0.0833. The van der Waals surface area contributed by atoms with Gasteiger partial charge in [-0.3, -0.25) is 4.79 Å². The normalized spacial score (nSPS) is 9.94. The molecule has 0 atom stereocenters. The van der Waals surface area contributed by atoms with E-state index in [1.165, 1.54) is 12.4 Å². The number of hydrogen-bond acceptors (Lipinski definition) is 5. The van der Waals surface area contributed by atoms with Crippen molar-refractivity contribution < 1.29 is 14.6 Å². The second kappa shape index (κ2) is 5.18. The van der Waals surface area contributed by atoms with E-state index in [1.807, 2.05) is 0 Å². The van der Waals surface area contributed by atoms with Crippen molar-refractivity contribution in [2.24, 2.45) is 0 Å². The highest BCUT2D eigenvalue weighted by molar-refractivity contribution is 5.73. The second-order valence-electron chi connectivity index (χ2n) is 3.32. The lowest BCUT2D eigenvalue weighted by molar-refractivity contribution is 0.112. The average Bonchev–Trinajstić information content (AvgIpc) is 2.40. The number of aliphatic hydroxyl groups excluding tert-OH is 1. The predicted molar refractivity (Wildman–Crippen MR) is 59.9 cm³/mol. The van der Waals surface area contributed by atoms with Gasteiger partial charge >= 0.3 is 6.01 Å². The Morgan fingerprint density at radius 1 is 1.29 bits per heavy atom. The van der Waals surface area contributed by atoms with Gasteiger partial charge in [0.05, 0.1) is 12.2 Å². The summed E-state index contributed by atoms with van der Waals surface area (Å²) < 4.78 is 5.37. The van der Waals surface area contributed by atoms with E-state index in [1.54, 1.807) is 24.3 Å². The van der Waals surface area contributed by atoms with Crippen LogP contribution >= 0.6 is 0 Å². The van der Waals surface area contributed by atoms with Gasteiger partial charge in [-0.1, -0.05) is 12.1 Å². The molecule has 1 aromatic carbocycles. The van der Waals surface area contributed by atoms with Crippen molar-refractivity contribution in [2.45, 2.75) is 6.61 Å². The molecule has 0 spiro atoms. The van der Waals surface area contributed by atoms with Crippen molar-refractivity contribution >= 4 is 6.29 Å². The lowest BCUT2D eigenvalue weighted by atomic mass is 10.2. The van der Waals surface area contributed by atoms with Crippen LogP contribution in [-0.4, -0.2) is 21.4 Å². The first-order chi connectivity index (χ1) is 8.31. The zero-order valence-electron chi connectivity index (χ0n) is 8.91. The summed E-state index contributed by atoms with van der Waals surface area (Å²) in [6.07, 6.45) is 3.42. The van der Waals surface area contributed by atoms with Crippen LogP contribution in [0, 0.1) is 0 Å². The lowest BCUT2D eigenvalue weighted by Crippen LogP contribution is -1.93. The molecule has 0 saturated carbocycles. The highest BCUT2D eigenvalue weighted by Crippen LogP contribution is 2.18. The highest BCUT2D eigenvalue weighted by atomic mass is 16.5. The van der Waals surface area contributed by atoms with Crippen molar-refractivity contribution in [1.29, 1.82) is 0 Å². The Morgan fingerprint density at radius 2 is 2.06 bits per heavy atom. The molecule has 5 heteroatoms. The zero-order chi connectivity index (χ0) is 12.1. The van der Waals surface area contributed by atoms with Gasteiger partial charge in [0.15, 0.2) is 6.29 Å². The predicted octanol–water partition coefficient (Wildman–Crippen LogP) is 1.57. The Balaban J connectivity index is 2.15. The molecule has 5 nitrogen and oxygen atoms in total. The molecule has 86 valence electrons. The molecule has 0 bridgehead atoms. The summed E-state index contributed by atoms with van der Waals surface area (Å²) in [5.41, 5.74) is 1.13. The largest absolute Gasteiger partial charge is 0.424 e. The van der Waals surface area contributed by atoms with Crippen LogP contribution in [0.5, 0.6) is 11.8 Å². The van der Waals surface area contributed by atoms with Gasteiger partial charge in [0.1, 0.15) is 5.75 Å². The lowest BCUT2D eigenvalue weighted by Gasteiger charge is -2.04. The Labute approximate surface area is 97.7 Å². The van der Waals surface area contributed by atoms with Crippen LogP contribution in [0.2, 0.25) is 0 Å². The number of aldehydes is 1. The van der Waals surface area contributed by atoms with Gasteiger partial charge in [-0.25, -0.2) is 9.97 Å². The minimum absolute atomic E-state index is 0.0534. The molecule has 0 aliphatic carbocycles. The number of aliphatic hydroxyl groups is 1. The molecular formula is C12H10N2O3. The number of aromatic nitrogens is 2. The number of ether oxygens (including phenoxy) is 1. The Bertz CT molecular complexity index is 511. The number of rotatable bonds is 4. The van der Waals surface area contributed by atoms with Gasteiger partial charge < -0.3 is 9.84 Å². The molecule has 0 radical (unpaired) electrons. The quantitative estimate of drug-likeness (QED) is 0.807. The van der Waals surface area contributed by atoms with Gasteiger partial charge in [0.2, 0.25) is 0 Å². The van der Waals surface area contributed by atoms with E-state index >= 15 is 0 Å². The van der Waals surface area contributed by atoms with Crippen LogP contribution in [0.1, 0.15) is 15.9 Å². The molecule has 17 heavy (non-hydrogen) atoms. The van der Waals surface area contributed by atoms with Crippen molar-refractivity contribution in [2.75, 3.05) is 0 Å². The minimum atomic E-state index is -0.0534. The summed E-state index contributed by atoms with van der Waals surface area (Å²) in [4.78, 5) is 18.2. The van der Waals surface area contributed by atoms with E-state index in [2.05, 4.69) is 9.97 Å². The van der Waals surface area contributed by atoms with Gasteiger partial charge in [0.25, 0.3) is 0 Å². The first kappa shape index (κ1) is 11.2. The smallest absolute Gasteiger partial charge is 0.321 e. The van der Waals surface area contributed by atoms with E-state index in [0.717, 1.165) is 5.56 Å². The summed E-state index contributed by atoms with van der Waals surface area (Å²) in [5.74, 6) is 0.537. The van der Waals surface area contributed by atoms with Crippen molar-refractivity contribution in [3.05, 3.63) is 47.8 Å². The average molecular weight is 230 g/mol. The molecule has 0 saturated heterocycles. The summed E-state index contributed by atoms with van der Waals surface area (Å²) in [6.45, 7) is -0.0534. The van der Waals surface area contributed by atoms with E-state index in [4.69, 9.17) is 9.84 Å². The molecule has 0 amide bonds. The maximum absolute atomic E-state index is 10.4. The fourth-order valence-corrected chi connectivity index (χ4v) is 1.25. The second-order valence-corrected chi connectivity index (χ2v) is 3.32. The van der Waals surface area contributed by atoms with Crippen LogP contribution in [0.4, 0.5) is 0 Å². The number of carbonyl (C=O) groups excluding carboxylic acids is 1. The summed E-state index contributed by atoms with van der Waals surface area (Å²) in [5, 5.41) is 8.97. The molecular weight excluding hydrogens is 220 g/mol. The molecule has 1 N–H and O–H groups in total. The molecule has 0 unspecified atom stereocenters. The van der Waals surface area contributed by atoms with Crippen LogP contribution in [0.3, 0.4) is 0 Å². The monoisotopic (exact) mass is 230 g/mol. The van der Waals surface area contributed by atoms with Crippen molar-refractivity contribution in [3.8, 4) is 11.8 Å². The topological polar surface area (TPSA) is 72.3 Å². The van der Waals surface area contributed by atoms with Crippen molar-refractivity contribution in [3.63, 3.8) is 0 Å². The Morgan fingerprint density at radius 3 is 2.71 bits per heavy atom. The maximum Gasteiger partial charge on any atom is 0.321 e. The summed E-state index contributed by atoms with van der Waals surface area (Å²) in [6, 6.07) is 7.13. The fourth-order valence-electron chi connectivity index (χ4n) is 1.25. The summed E-state index contributed by atoms with van der Waals surface area (Å²) >= 11 is 0. The van der Waals surface area contributed by atoms with E-state index in [0.29, 0.717) is 17.6 Å². The SMILES string of the molecule is O=Cc1cnc(Oc2cccc(CO)c2)nc1. The first-order valence-corrected chi connectivity index (χ1v) is 4.96. The minimum Gasteiger partial charge on any atom is -0.424 e. The third kappa shape index (κ3) is 2.85. The van der Waals surface area contributed by atoms with Gasteiger partial charge in [-0.15, -0.1) is 0 Å². The Hall–Kier alpha value is -2.27. The van der Waals surface area contributed by atoms with E-state index in [9.17, 15) is 4.79 Å². The summed E-state index contributed by atoms with van der Waals surface area (Å²) in [7, 11) is 0. The molecule has 2 rings (SSSR count). The van der Waals surface area contributed by atoms with Crippen LogP contribution < -0.4 is 4.74 Å². The van der Waals surface area contributed by atoms with Crippen LogP contribution in [-0.2, 0) is 6.61 Å². The molecule has 1 heterocycles. The molecule has 0 fully saturated rings. The molecule has 0 aliphatic rings. The van der Waals surface area contributed by atoms with Crippen molar-refractivity contribution in [1.82, 2.24) is 9.97 Å². The first-order valence-electron chi connectivity index (χ1n) is 4.96. The van der Waals surface area contributed by atoms with Gasteiger partial charge in [0, 0.05) is 12.4 Å². The van der Waals surface area contributed by atoms with Gasteiger partial charge in [-0.2, -0.15) is 0 Å². The standard InChI is InChI=1S/C12H10N2O3/c15-7-9-2-1-3-11(4-9)17-12-13-5-10(8-16)6-14-12/h1-6,8,15H,7H2. The number of nitrogens with zero attached hydrogens (tertiary/aromatic N) is 2. The molecule has 1 aromatic heterocycles. The Kier molecular flexibility index (Phi) is 3.42. The molecule has 0 aliphatic heterocycles.